The van der Waals surface area contributed by atoms with Gasteiger partial charge < -0.3 is 0 Å². The van der Waals surface area contributed by atoms with Gasteiger partial charge in [0, 0.05) is 0 Å². The van der Waals surface area contributed by atoms with Gasteiger partial charge >= 0.3 is 0 Å². The highest BCUT2D eigenvalue weighted by Crippen LogP contribution is 2.07. The Hall–Kier alpha value is -2.80. The van der Waals surface area contributed by atoms with Crippen molar-refractivity contribution in [2.75, 3.05) is 0 Å². The predicted molar refractivity (Wildman–Crippen MR) is 66.1 cm³/mol. The first-order valence-electron chi connectivity index (χ1n) is 4.95. The molecule has 0 aliphatic heterocycles. The Morgan fingerprint density at radius 3 is 1.56 bits per heavy atom. The number of carbonyl (C=O) groups excluding carboxylic acids is 2. The SMILES string of the molecule is O=C=Nc1c[c]ccc1.O=C=Nc1c[c]ccc1. The molecule has 0 N–H and O–H groups in total. The second kappa shape index (κ2) is 8.36. The maximum atomic E-state index is 9.67. The van der Waals surface area contributed by atoms with Crippen molar-refractivity contribution >= 4 is 23.5 Å². The molecule has 0 aliphatic rings. The van der Waals surface area contributed by atoms with Gasteiger partial charge in [0.05, 0.1) is 11.4 Å². The first-order valence-corrected chi connectivity index (χ1v) is 4.95. The van der Waals surface area contributed by atoms with E-state index in [1.165, 1.54) is 12.2 Å². The van der Waals surface area contributed by atoms with Crippen LogP contribution in [-0.4, -0.2) is 12.2 Å². The normalized spacial score (nSPS) is 8.00. The number of isocyanates is 2. The molecule has 0 spiro atoms. The predicted octanol–water partition coefficient (Wildman–Crippen LogP) is 2.91. The summed E-state index contributed by atoms with van der Waals surface area (Å²) in [6.07, 6.45) is 2.88. The quantitative estimate of drug-likeness (QED) is 0.594. The van der Waals surface area contributed by atoms with Gasteiger partial charge in [-0.3, -0.25) is 0 Å². The fraction of sp³-hybridized carbons (Fsp3) is 0. The summed E-state index contributed by atoms with van der Waals surface area (Å²) < 4.78 is 0. The maximum Gasteiger partial charge on any atom is 0.240 e. The molecule has 2 aromatic carbocycles. The molecule has 0 heterocycles. The first kappa shape index (κ1) is 13.3. The lowest BCUT2D eigenvalue weighted by Gasteiger charge is -1.82. The number of hydrogen-bond acceptors (Lipinski definition) is 4. The van der Waals surface area contributed by atoms with Gasteiger partial charge in [-0.1, -0.05) is 24.3 Å². The van der Waals surface area contributed by atoms with E-state index in [2.05, 4.69) is 22.1 Å². The van der Waals surface area contributed by atoms with Crippen LogP contribution >= 0.6 is 0 Å². The van der Waals surface area contributed by atoms with Gasteiger partial charge in [-0.15, -0.1) is 0 Å². The van der Waals surface area contributed by atoms with E-state index in [0.717, 1.165) is 0 Å². The fourth-order valence-corrected chi connectivity index (χ4v) is 1.01. The van der Waals surface area contributed by atoms with E-state index in [1.807, 2.05) is 0 Å². The third-order valence-electron chi connectivity index (χ3n) is 1.73. The summed E-state index contributed by atoms with van der Waals surface area (Å²) in [4.78, 5) is 26.1. The largest absolute Gasteiger partial charge is 0.240 e. The molecule has 86 valence electrons. The van der Waals surface area contributed by atoms with E-state index in [9.17, 15) is 9.59 Å². The molecular weight excluding hydrogens is 228 g/mol. The van der Waals surface area contributed by atoms with Crippen LogP contribution in [0.3, 0.4) is 0 Å². The highest BCUT2D eigenvalue weighted by Gasteiger charge is 1.81. The maximum absolute atomic E-state index is 9.67. The van der Waals surface area contributed by atoms with E-state index in [-0.39, 0.29) is 0 Å². The Kier molecular flexibility index (Phi) is 6.16. The molecular formula is C14H8N2O2. The van der Waals surface area contributed by atoms with Crippen molar-refractivity contribution in [2.24, 2.45) is 9.98 Å². The van der Waals surface area contributed by atoms with Gasteiger partial charge in [0.1, 0.15) is 0 Å². The summed E-state index contributed by atoms with van der Waals surface area (Å²) in [6, 6.07) is 19.2. The van der Waals surface area contributed by atoms with Crippen LogP contribution in [0.2, 0.25) is 0 Å². The molecule has 0 aliphatic carbocycles. The number of nitrogens with zero attached hydrogens (tertiary/aromatic N) is 2. The molecule has 2 rings (SSSR count). The topological polar surface area (TPSA) is 58.9 Å². The second-order valence-electron chi connectivity index (χ2n) is 2.93. The molecule has 0 aromatic heterocycles. The zero-order valence-electron chi connectivity index (χ0n) is 9.33. The van der Waals surface area contributed by atoms with Gasteiger partial charge in [0.2, 0.25) is 12.2 Å². The summed E-state index contributed by atoms with van der Waals surface area (Å²) in [6.45, 7) is 0. The van der Waals surface area contributed by atoms with Crippen LogP contribution in [-0.2, 0) is 9.59 Å². The zero-order valence-corrected chi connectivity index (χ0v) is 9.33. The summed E-state index contributed by atoms with van der Waals surface area (Å²) in [5, 5.41) is 0. The number of rotatable bonds is 2. The molecule has 0 amide bonds. The van der Waals surface area contributed by atoms with E-state index < -0.39 is 0 Å². The van der Waals surface area contributed by atoms with Crippen LogP contribution in [0.1, 0.15) is 0 Å². The van der Waals surface area contributed by atoms with Crippen LogP contribution in [0, 0.1) is 12.1 Å². The number of benzene rings is 2. The van der Waals surface area contributed by atoms with Crippen molar-refractivity contribution in [3.8, 4) is 0 Å². The Morgan fingerprint density at radius 2 is 1.28 bits per heavy atom. The van der Waals surface area contributed by atoms with Crippen LogP contribution in [0.4, 0.5) is 11.4 Å². The van der Waals surface area contributed by atoms with Crippen molar-refractivity contribution in [1.82, 2.24) is 0 Å². The molecule has 4 heteroatoms. The summed E-state index contributed by atoms with van der Waals surface area (Å²) in [5.74, 6) is 0. The minimum absolute atomic E-state index is 0.590. The van der Waals surface area contributed by atoms with Gasteiger partial charge in [0.15, 0.2) is 0 Å². The third-order valence-corrected chi connectivity index (χ3v) is 1.73. The lowest BCUT2D eigenvalue weighted by atomic mass is 10.3. The molecule has 2 radical (unpaired) electrons. The molecule has 0 saturated carbocycles. The zero-order chi connectivity index (χ0) is 13.1. The molecule has 2 aromatic rings. The van der Waals surface area contributed by atoms with Crippen LogP contribution in [0.5, 0.6) is 0 Å². The Balaban J connectivity index is 0.000000180. The Bertz CT molecular complexity index is 501. The number of aliphatic imine (C=N–C) groups is 2. The molecule has 0 atom stereocenters. The van der Waals surface area contributed by atoms with Crippen molar-refractivity contribution in [1.29, 1.82) is 0 Å². The minimum Gasteiger partial charge on any atom is -0.211 e. The molecule has 0 unspecified atom stereocenters. The Labute approximate surface area is 104 Å². The molecule has 0 fully saturated rings. The van der Waals surface area contributed by atoms with Crippen molar-refractivity contribution in [3.05, 3.63) is 60.7 Å². The Morgan fingerprint density at radius 1 is 0.833 bits per heavy atom. The molecule has 4 nitrogen and oxygen atoms in total. The third kappa shape index (κ3) is 5.33. The smallest absolute Gasteiger partial charge is 0.211 e. The summed E-state index contributed by atoms with van der Waals surface area (Å²) in [5.41, 5.74) is 1.18. The van der Waals surface area contributed by atoms with Gasteiger partial charge in [-0.25, -0.2) is 9.59 Å². The molecule has 0 saturated heterocycles. The monoisotopic (exact) mass is 236 g/mol. The average molecular weight is 236 g/mol. The standard InChI is InChI=1S/2C7H4NO/c2*9-6-8-7-4-2-1-3-5-7/h2*1-2,4-5H. The van der Waals surface area contributed by atoms with Crippen LogP contribution < -0.4 is 0 Å². The lowest BCUT2D eigenvalue weighted by molar-refractivity contribution is 0.564. The minimum atomic E-state index is 0.590. The van der Waals surface area contributed by atoms with Crippen molar-refractivity contribution in [3.63, 3.8) is 0 Å². The summed E-state index contributed by atoms with van der Waals surface area (Å²) in [7, 11) is 0. The summed E-state index contributed by atoms with van der Waals surface area (Å²) >= 11 is 0. The molecule has 18 heavy (non-hydrogen) atoms. The van der Waals surface area contributed by atoms with Gasteiger partial charge in [0.25, 0.3) is 0 Å². The van der Waals surface area contributed by atoms with Crippen molar-refractivity contribution < 1.29 is 9.59 Å². The highest BCUT2D eigenvalue weighted by molar-refractivity contribution is 5.48. The second-order valence-corrected chi connectivity index (χ2v) is 2.93. The highest BCUT2D eigenvalue weighted by atomic mass is 16.1. The first-order chi connectivity index (χ1) is 8.86. The average Bonchev–Trinajstić information content (AvgIpc) is 2.43. The molecule has 0 bridgehead atoms. The van der Waals surface area contributed by atoms with E-state index >= 15 is 0 Å². The fourth-order valence-electron chi connectivity index (χ4n) is 1.01. The lowest BCUT2D eigenvalue weighted by Crippen LogP contribution is -1.59. The van der Waals surface area contributed by atoms with E-state index in [4.69, 9.17) is 0 Å². The van der Waals surface area contributed by atoms with E-state index in [1.54, 1.807) is 48.5 Å². The van der Waals surface area contributed by atoms with Crippen LogP contribution in [0.15, 0.2) is 58.5 Å². The van der Waals surface area contributed by atoms with Gasteiger partial charge in [-0.2, -0.15) is 9.98 Å². The van der Waals surface area contributed by atoms with Crippen molar-refractivity contribution in [2.45, 2.75) is 0 Å². The van der Waals surface area contributed by atoms with Crippen LogP contribution in [0.25, 0.3) is 0 Å². The number of hydrogen-bond donors (Lipinski definition) is 0. The van der Waals surface area contributed by atoms with E-state index in [0.29, 0.717) is 11.4 Å². The van der Waals surface area contributed by atoms with Gasteiger partial charge in [-0.05, 0) is 36.4 Å².